The number of methoxy groups -OCH3 is 1. The van der Waals surface area contributed by atoms with E-state index in [4.69, 9.17) is 4.74 Å². The number of aromatic amines is 2. The molecule has 3 aromatic rings. The Bertz CT molecular complexity index is 830. The van der Waals surface area contributed by atoms with E-state index in [0.717, 1.165) is 5.39 Å². The van der Waals surface area contributed by atoms with Crippen molar-refractivity contribution in [3.63, 3.8) is 0 Å². The minimum absolute atomic E-state index is 0.397. The molecule has 3 heterocycles. The number of nitrogens with one attached hydrogen (secondary N) is 2. The summed E-state index contributed by atoms with van der Waals surface area (Å²) in [5.74, 6) is 0.475. The van der Waals surface area contributed by atoms with E-state index in [9.17, 15) is 9.59 Å². The molecule has 0 saturated carbocycles. The summed E-state index contributed by atoms with van der Waals surface area (Å²) in [5, 5.41) is 0.744. The molecule has 0 aliphatic heterocycles. The molecule has 86 valence electrons. The van der Waals surface area contributed by atoms with Crippen molar-refractivity contribution in [1.82, 2.24) is 15.0 Å². The predicted octanol–water partition coefficient (Wildman–Crippen LogP) is 0.835. The molecule has 0 radical (unpaired) electrons. The molecular weight excluding hydrogens is 242 g/mol. The second-order valence-electron chi connectivity index (χ2n) is 3.42. The molecule has 0 amide bonds. The van der Waals surface area contributed by atoms with Crippen molar-refractivity contribution in [1.29, 1.82) is 0 Å². The summed E-state index contributed by atoms with van der Waals surface area (Å²) in [7, 11) is 1.52. The quantitative estimate of drug-likeness (QED) is 0.668. The van der Waals surface area contributed by atoms with E-state index in [1.165, 1.54) is 18.4 Å². The van der Waals surface area contributed by atoms with E-state index in [2.05, 4.69) is 15.0 Å². The van der Waals surface area contributed by atoms with Crippen molar-refractivity contribution in [3.8, 4) is 5.88 Å². The monoisotopic (exact) mass is 249 g/mol. The fourth-order valence-corrected chi connectivity index (χ4v) is 2.68. The highest BCUT2D eigenvalue weighted by atomic mass is 32.1. The van der Waals surface area contributed by atoms with Gasteiger partial charge in [-0.3, -0.25) is 9.78 Å². The van der Waals surface area contributed by atoms with Crippen LogP contribution >= 0.6 is 11.3 Å². The van der Waals surface area contributed by atoms with Gasteiger partial charge in [0.05, 0.1) is 12.6 Å². The maximum absolute atomic E-state index is 11.6. The van der Waals surface area contributed by atoms with Gasteiger partial charge in [-0.15, -0.1) is 11.3 Å². The third-order valence-electron chi connectivity index (χ3n) is 2.41. The topological polar surface area (TPSA) is 87.8 Å². The second-order valence-corrected chi connectivity index (χ2v) is 4.42. The lowest BCUT2D eigenvalue weighted by Crippen LogP contribution is -2.20. The number of thiophene rings is 1. The number of rotatable bonds is 1. The van der Waals surface area contributed by atoms with Gasteiger partial charge in [-0.1, -0.05) is 0 Å². The molecule has 0 spiro atoms. The average Bonchev–Trinajstić information content (AvgIpc) is 2.67. The lowest BCUT2D eigenvalue weighted by atomic mass is 10.3. The molecule has 2 N–H and O–H groups in total. The van der Waals surface area contributed by atoms with Gasteiger partial charge in [0.15, 0.2) is 0 Å². The number of pyridine rings is 1. The van der Waals surface area contributed by atoms with Gasteiger partial charge < -0.3 is 9.72 Å². The third kappa shape index (κ3) is 1.43. The van der Waals surface area contributed by atoms with Crippen LogP contribution in [-0.4, -0.2) is 22.1 Å². The van der Waals surface area contributed by atoms with Gasteiger partial charge in [-0.05, 0) is 6.07 Å². The smallest absolute Gasteiger partial charge is 0.326 e. The number of hydrogen-bond donors (Lipinski definition) is 2. The summed E-state index contributed by atoms with van der Waals surface area (Å²) in [6.07, 6.45) is 0. The van der Waals surface area contributed by atoms with E-state index >= 15 is 0 Å². The molecule has 0 saturated heterocycles. The Hall–Kier alpha value is -2.15. The molecule has 0 bridgehead atoms. The molecule has 0 aromatic carbocycles. The van der Waals surface area contributed by atoms with Crippen LogP contribution in [0.1, 0.15) is 0 Å². The highest BCUT2D eigenvalue weighted by Gasteiger charge is 2.11. The Balaban J connectivity index is 2.54. The molecule has 7 heteroatoms. The fourth-order valence-electron chi connectivity index (χ4n) is 1.66. The summed E-state index contributed by atoms with van der Waals surface area (Å²) >= 11 is 1.22. The highest BCUT2D eigenvalue weighted by Crippen LogP contribution is 2.29. The van der Waals surface area contributed by atoms with E-state index in [0.29, 0.717) is 20.9 Å². The van der Waals surface area contributed by atoms with Crippen LogP contribution in [-0.2, 0) is 0 Å². The van der Waals surface area contributed by atoms with Gasteiger partial charge in [0.1, 0.15) is 9.53 Å². The average molecular weight is 249 g/mol. The second kappa shape index (κ2) is 3.42. The standard InChI is InChI=1S/C10H7N3O3S/c1-16-5-3-2-4-6-7(17-9(4)11-5)8(14)13-10(15)12-6/h2-3H,1H3,(H2,12,13,14,15). The molecule has 3 aromatic heterocycles. The molecule has 0 atom stereocenters. The van der Waals surface area contributed by atoms with Crippen LogP contribution in [0.4, 0.5) is 0 Å². The Kier molecular flexibility index (Phi) is 2.02. The molecule has 0 unspecified atom stereocenters. The first-order valence-corrected chi connectivity index (χ1v) is 5.60. The Morgan fingerprint density at radius 1 is 1.29 bits per heavy atom. The molecule has 6 nitrogen and oxygen atoms in total. The largest absolute Gasteiger partial charge is 0.481 e. The zero-order chi connectivity index (χ0) is 12.0. The van der Waals surface area contributed by atoms with Crippen LogP contribution in [0, 0.1) is 0 Å². The van der Waals surface area contributed by atoms with Gasteiger partial charge >= 0.3 is 5.69 Å². The minimum atomic E-state index is -0.516. The van der Waals surface area contributed by atoms with Gasteiger partial charge in [-0.25, -0.2) is 9.78 Å². The number of hydrogen-bond acceptors (Lipinski definition) is 5. The summed E-state index contributed by atoms with van der Waals surface area (Å²) in [5.41, 5.74) is -0.391. The van der Waals surface area contributed by atoms with Gasteiger partial charge in [0, 0.05) is 11.5 Å². The van der Waals surface area contributed by atoms with E-state index < -0.39 is 11.2 Å². The van der Waals surface area contributed by atoms with Gasteiger partial charge in [0.25, 0.3) is 5.56 Å². The first-order chi connectivity index (χ1) is 8.19. The normalized spacial score (nSPS) is 11.1. The maximum atomic E-state index is 11.6. The predicted molar refractivity (Wildman–Crippen MR) is 64.9 cm³/mol. The summed E-state index contributed by atoms with van der Waals surface area (Å²) in [4.78, 5) is 32.5. The number of aromatic nitrogens is 3. The minimum Gasteiger partial charge on any atom is -0.481 e. The van der Waals surface area contributed by atoms with E-state index in [1.807, 2.05) is 0 Å². The van der Waals surface area contributed by atoms with E-state index in [1.54, 1.807) is 12.1 Å². The summed E-state index contributed by atoms with van der Waals surface area (Å²) in [6, 6.07) is 3.46. The summed E-state index contributed by atoms with van der Waals surface area (Å²) < 4.78 is 5.47. The molecule has 17 heavy (non-hydrogen) atoms. The van der Waals surface area contributed by atoms with Crippen molar-refractivity contribution >= 4 is 31.8 Å². The van der Waals surface area contributed by atoms with E-state index in [-0.39, 0.29) is 0 Å². The number of H-pyrrole nitrogens is 2. The Morgan fingerprint density at radius 2 is 2.12 bits per heavy atom. The first kappa shape index (κ1) is 10.0. The van der Waals surface area contributed by atoms with Crippen LogP contribution in [0.15, 0.2) is 21.7 Å². The lowest BCUT2D eigenvalue weighted by Gasteiger charge is -1.96. The Morgan fingerprint density at radius 3 is 2.88 bits per heavy atom. The number of fused-ring (bicyclic) bond motifs is 3. The molecule has 0 aliphatic rings. The fraction of sp³-hybridized carbons (Fsp3) is 0.100. The zero-order valence-electron chi connectivity index (χ0n) is 8.73. The Labute approximate surface area is 97.9 Å². The summed E-state index contributed by atoms with van der Waals surface area (Å²) in [6.45, 7) is 0. The lowest BCUT2D eigenvalue weighted by molar-refractivity contribution is 0.400. The van der Waals surface area contributed by atoms with Crippen molar-refractivity contribution in [2.24, 2.45) is 0 Å². The van der Waals surface area contributed by atoms with Crippen molar-refractivity contribution in [3.05, 3.63) is 33.0 Å². The molecule has 0 fully saturated rings. The molecular formula is C10H7N3O3S. The highest BCUT2D eigenvalue weighted by molar-refractivity contribution is 7.25. The van der Waals surface area contributed by atoms with Crippen LogP contribution in [0.2, 0.25) is 0 Å². The third-order valence-corrected chi connectivity index (χ3v) is 3.51. The zero-order valence-corrected chi connectivity index (χ0v) is 9.55. The molecule has 3 rings (SSSR count). The number of nitrogens with zero attached hydrogens (tertiary/aromatic N) is 1. The van der Waals surface area contributed by atoms with Crippen LogP contribution in [0.25, 0.3) is 20.4 Å². The van der Waals surface area contributed by atoms with Crippen LogP contribution < -0.4 is 16.0 Å². The number of ether oxygens (including phenoxy) is 1. The van der Waals surface area contributed by atoms with Crippen LogP contribution in [0.5, 0.6) is 5.88 Å². The maximum Gasteiger partial charge on any atom is 0.326 e. The SMILES string of the molecule is COc1ccc2c(n1)sc1c(=O)[nH]c(=O)[nH]c12. The van der Waals surface area contributed by atoms with Gasteiger partial charge in [-0.2, -0.15) is 0 Å². The van der Waals surface area contributed by atoms with Crippen molar-refractivity contribution in [2.45, 2.75) is 0 Å². The van der Waals surface area contributed by atoms with Crippen molar-refractivity contribution in [2.75, 3.05) is 7.11 Å². The first-order valence-electron chi connectivity index (χ1n) is 4.79. The van der Waals surface area contributed by atoms with Crippen LogP contribution in [0.3, 0.4) is 0 Å². The molecule has 0 aliphatic carbocycles. The van der Waals surface area contributed by atoms with Gasteiger partial charge in [0.2, 0.25) is 5.88 Å². The van der Waals surface area contributed by atoms with Crippen molar-refractivity contribution < 1.29 is 4.74 Å².